The predicted octanol–water partition coefficient (Wildman–Crippen LogP) is 2.68. The molecule has 0 aliphatic rings. The lowest BCUT2D eigenvalue weighted by Gasteiger charge is -2.11. The molecule has 2 aromatic heterocycles. The number of nitrogens with zero attached hydrogens (tertiary/aromatic N) is 4. The highest BCUT2D eigenvalue weighted by Crippen LogP contribution is 2.14. The first kappa shape index (κ1) is 17.7. The zero-order valence-corrected chi connectivity index (χ0v) is 14.6. The smallest absolute Gasteiger partial charge is 0.356 e. The summed E-state index contributed by atoms with van der Waals surface area (Å²) in [5.41, 5.74) is 1.46. The van der Waals surface area contributed by atoms with Gasteiger partial charge in [-0.15, -0.1) is 0 Å². The molecule has 0 aliphatic heterocycles. The zero-order valence-electron chi connectivity index (χ0n) is 13.8. The largest absolute Gasteiger partial charge is 0.476 e. The second-order valence-corrected chi connectivity index (χ2v) is 6.14. The van der Waals surface area contributed by atoms with Crippen molar-refractivity contribution in [3.8, 4) is 0 Å². The molecule has 9 heteroatoms. The monoisotopic (exact) mass is 373 g/mol. The molecule has 3 rings (SSSR count). The van der Waals surface area contributed by atoms with Crippen LogP contribution in [0.25, 0.3) is 0 Å². The molecule has 26 heavy (non-hydrogen) atoms. The molecule has 134 valence electrons. The minimum Gasteiger partial charge on any atom is -0.476 e. The number of carboxylic acid groups (broad SMARTS) is 1. The molecule has 0 saturated heterocycles. The molecule has 0 aliphatic carbocycles. The molecule has 2 heterocycles. The molecule has 3 aromatic rings. The fourth-order valence-corrected chi connectivity index (χ4v) is 2.45. The molecule has 1 atom stereocenters. The number of benzene rings is 1. The Morgan fingerprint density at radius 3 is 2.65 bits per heavy atom. The van der Waals surface area contributed by atoms with E-state index in [0.717, 1.165) is 5.56 Å². The summed E-state index contributed by atoms with van der Waals surface area (Å²) in [5, 5.41) is 20.4. The molecule has 1 aromatic carbocycles. The van der Waals surface area contributed by atoms with Gasteiger partial charge in [-0.05, 0) is 30.7 Å². The number of aromatic carboxylic acids is 1. The number of nitrogens with one attached hydrogen (secondary N) is 1. The van der Waals surface area contributed by atoms with Crippen molar-refractivity contribution < 1.29 is 14.7 Å². The van der Waals surface area contributed by atoms with Crippen molar-refractivity contribution in [2.45, 2.75) is 19.5 Å². The lowest BCUT2D eigenvalue weighted by molar-refractivity contribution is -0.119. The van der Waals surface area contributed by atoms with E-state index in [0.29, 0.717) is 17.3 Å². The van der Waals surface area contributed by atoms with Crippen LogP contribution in [-0.4, -0.2) is 36.5 Å². The maximum atomic E-state index is 12.3. The van der Waals surface area contributed by atoms with Crippen molar-refractivity contribution in [3.63, 3.8) is 0 Å². The maximum absolute atomic E-state index is 12.3. The SMILES string of the molecule is CC(C(=O)Nc1cnn(Cc2ccc(Cl)cc2)c1)n1ccc(C(=O)O)n1. The number of hydrogen-bond donors (Lipinski definition) is 2. The molecule has 0 fully saturated rings. The molecular weight excluding hydrogens is 358 g/mol. The van der Waals surface area contributed by atoms with Gasteiger partial charge in [-0.3, -0.25) is 14.2 Å². The van der Waals surface area contributed by atoms with Crippen molar-refractivity contribution in [2.75, 3.05) is 5.32 Å². The molecule has 1 amide bonds. The third-order valence-corrected chi connectivity index (χ3v) is 4.01. The van der Waals surface area contributed by atoms with Gasteiger partial charge in [0, 0.05) is 17.4 Å². The summed E-state index contributed by atoms with van der Waals surface area (Å²) in [5.74, 6) is -1.46. The van der Waals surface area contributed by atoms with E-state index in [1.807, 2.05) is 12.1 Å². The third-order valence-electron chi connectivity index (χ3n) is 3.76. The normalized spacial score (nSPS) is 11.9. The lowest BCUT2D eigenvalue weighted by atomic mass is 10.2. The van der Waals surface area contributed by atoms with Crippen LogP contribution < -0.4 is 5.32 Å². The quantitative estimate of drug-likeness (QED) is 0.691. The van der Waals surface area contributed by atoms with Gasteiger partial charge in [0.2, 0.25) is 5.91 Å². The summed E-state index contributed by atoms with van der Waals surface area (Å²) in [6.07, 6.45) is 4.72. The van der Waals surface area contributed by atoms with Crippen LogP contribution in [-0.2, 0) is 11.3 Å². The molecule has 1 unspecified atom stereocenters. The van der Waals surface area contributed by atoms with Crippen LogP contribution in [0.2, 0.25) is 5.02 Å². The van der Waals surface area contributed by atoms with Gasteiger partial charge >= 0.3 is 5.97 Å². The van der Waals surface area contributed by atoms with Gasteiger partial charge in [0.05, 0.1) is 18.4 Å². The molecule has 0 bridgehead atoms. The van der Waals surface area contributed by atoms with Crippen LogP contribution in [0, 0.1) is 0 Å². The van der Waals surface area contributed by atoms with Gasteiger partial charge in [0.15, 0.2) is 5.69 Å². The van der Waals surface area contributed by atoms with Crippen LogP contribution >= 0.6 is 11.6 Å². The van der Waals surface area contributed by atoms with E-state index in [4.69, 9.17) is 16.7 Å². The average molecular weight is 374 g/mol. The van der Waals surface area contributed by atoms with Crippen LogP contribution in [0.3, 0.4) is 0 Å². The van der Waals surface area contributed by atoms with Crippen LogP contribution in [0.1, 0.15) is 29.0 Å². The van der Waals surface area contributed by atoms with E-state index in [-0.39, 0.29) is 11.6 Å². The van der Waals surface area contributed by atoms with E-state index in [2.05, 4.69) is 15.5 Å². The summed E-state index contributed by atoms with van der Waals surface area (Å²) in [6, 6.07) is 8.10. The molecular formula is C17H16ClN5O3. The number of anilines is 1. The number of amides is 1. The van der Waals surface area contributed by atoms with Crippen molar-refractivity contribution in [3.05, 3.63) is 65.2 Å². The third kappa shape index (κ3) is 4.09. The fraction of sp³-hybridized carbons (Fsp3) is 0.176. The first-order chi connectivity index (χ1) is 12.4. The van der Waals surface area contributed by atoms with Gasteiger partial charge in [-0.1, -0.05) is 23.7 Å². The van der Waals surface area contributed by atoms with Gasteiger partial charge in [0.1, 0.15) is 6.04 Å². The minimum atomic E-state index is -1.14. The van der Waals surface area contributed by atoms with Gasteiger partial charge in [-0.25, -0.2) is 4.79 Å². The lowest BCUT2D eigenvalue weighted by Crippen LogP contribution is -2.24. The Kier molecular flexibility index (Phi) is 5.04. The Morgan fingerprint density at radius 2 is 2.00 bits per heavy atom. The molecule has 0 spiro atoms. The Hall–Kier alpha value is -3.13. The van der Waals surface area contributed by atoms with Crippen molar-refractivity contribution in [1.29, 1.82) is 0 Å². The number of aromatic nitrogens is 4. The molecule has 8 nitrogen and oxygen atoms in total. The van der Waals surface area contributed by atoms with E-state index in [9.17, 15) is 9.59 Å². The number of carbonyl (C=O) groups excluding carboxylic acids is 1. The maximum Gasteiger partial charge on any atom is 0.356 e. The first-order valence-corrected chi connectivity index (χ1v) is 8.16. The van der Waals surface area contributed by atoms with E-state index < -0.39 is 12.0 Å². The predicted molar refractivity (Wildman–Crippen MR) is 95.3 cm³/mol. The molecule has 0 saturated carbocycles. The summed E-state index contributed by atoms with van der Waals surface area (Å²) in [4.78, 5) is 23.2. The minimum absolute atomic E-state index is 0.111. The van der Waals surface area contributed by atoms with Gasteiger partial charge in [0.25, 0.3) is 0 Å². The number of rotatable bonds is 6. The highest BCUT2D eigenvalue weighted by atomic mass is 35.5. The van der Waals surface area contributed by atoms with Crippen molar-refractivity contribution >= 4 is 29.2 Å². The standard InChI is InChI=1S/C17H16ClN5O3/c1-11(23-7-6-15(21-23)17(25)26)16(24)20-14-8-19-22(10-14)9-12-2-4-13(18)5-3-12/h2-8,10-11H,9H2,1H3,(H,20,24)(H,25,26). The summed E-state index contributed by atoms with van der Waals surface area (Å²) >= 11 is 5.87. The Bertz CT molecular complexity index is 932. The van der Waals surface area contributed by atoms with E-state index in [1.165, 1.54) is 16.9 Å². The Balaban J connectivity index is 1.63. The zero-order chi connectivity index (χ0) is 18.7. The van der Waals surface area contributed by atoms with Gasteiger partial charge < -0.3 is 10.4 Å². The Morgan fingerprint density at radius 1 is 1.27 bits per heavy atom. The summed E-state index contributed by atoms with van der Waals surface area (Å²) < 4.78 is 3.00. The molecule has 0 radical (unpaired) electrons. The van der Waals surface area contributed by atoms with E-state index in [1.54, 1.807) is 36.1 Å². The topological polar surface area (TPSA) is 102 Å². The number of halogens is 1. The first-order valence-electron chi connectivity index (χ1n) is 7.78. The number of hydrogen-bond acceptors (Lipinski definition) is 4. The molecule has 2 N–H and O–H groups in total. The van der Waals surface area contributed by atoms with Gasteiger partial charge in [-0.2, -0.15) is 10.2 Å². The van der Waals surface area contributed by atoms with E-state index >= 15 is 0 Å². The van der Waals surface area contributed by atoms with Crippen molar-refractivity contribution in [1.82, 2.24) is 19.6 Å². The summed E-state index contributed by atoms with van der Waals surface area (Å²) in [6.45, 7) is 2.18. The highest BCUT2D eigenvalue weighted by Gasteiger charge is 2.18. The van der Waals surface area contributed by atoms with Crippen molar-refractivity contribution in [2.24, 2.45) is 0 Å². The average Bonchev–Trinajstić information content (AvgIpc) is 3.26. The summed E-state index contributed by atoms with van der Waals surface area (Å²) in [7, 11) is 0. The van der Waals surface area contributed by atoms with Crippen LogP contribution in [0.4, 0.5) is 5.69 Å². The number of carboxylic acids is 1. The fourth-order valence-electron chi connectivity index (χ4n) is 2.33. The highest BCUT2D eigenvalue weighted by molar-refractivity contribution is 6.30. The second kappa shape index (κ2) is 7.40. The second-order valence-electron chi connectivity index (χ2n) is 5.70. The Labute approximate surface area is 154 Å². The number of carbonyl (C=O) groups is 2. The van der Waals surface area contributed by atoms with Crippen LogP contribution in [0.15, 0.2) is 48.9 Å². The van der Waals surface area contributed by atoms with Crippen LogP contribution in [0.5, 0.6) is 0 Å².